The van der Waals surface area contributed by atoms with Gasteiger partial charge < -0.3 is 14.8 Å². The third-order valence-corrected chi connectivity index (χ3v) is 6.60. The van der Waals surface area contributed by atoms with Crippen LogP contribution in [0.4, 0.5) is 5.69 Å². The normalized spacial score (nSPS) is 23.6. The third kappa shape index (κ3) is 3.67. The molecule has 0 spiro atoms. The van der Waals surface area contributed by atoms with Crippen molar-refractivity contribution in [3.63, 3.8) is 0 Å². The van der Waals surface area contributed by atoms with Crippen molar-refractivity contribution in [3.05, 3.63) is 41.5 Å². The Balaban J connectivity index is 1.31. The van der Waals surface area contributed by atoms with Crippen molar-refractivity contribution >= 4 is 5.69 Å². The topological polar surface area (TPSA) is 49.2 Å². The summed E-state index contributed by atoms with van der Waals surface area (Å²) in [5.74, 6) is 2.83. The molecule has 1 aromatic carbocycles. The first-order chi connectivity index (χ1) is 13.9. The molecule has 6 heteroatoms. The van der Waals surface area contributed by atoms with Crippen LogP contribution >= 0.6 is 0 Å². The molecule has 3 aliphatic rings. The monoisotopic (exact) mass is 380 g/mol. The van der Waals surface area contributed by atoms with Gasteiger partial charge in [-0.25, -0.2) is 0 Å². The van der Waals surface area contributed by atoms with Crippen molar-refractivity contribution in [2.24, 2.45) is 0 Å². The average Bonchev–Trinajstić information content (AvgIpc) is 3.19. The van der Waals surface area contributed by atoms with Gasteiger partial charge in [-0.1, -0.05) is 18.2 Å². The largest absolute Gasteiger partial charge is 0.371 e. The van der Waals surface area contributed by atoms with Gasteiger partial charge in [0.2, 0.25) is 0 Å². The van der Waals surface area contributed by atoms with Gasteiger partial charge in [0.15, 0.2) is 0 Å². The number of anilines is 1. The van der Waals surface area contributed by atoms with Crippen LogP contribution in [0.2, 0.25) is 0 Å². The molecular weight excluding hydrogens is 348 g/mol. The fraction of sp³-hybridized carbons (Fsp3) is 0.636. The number of aromatic nitrogens is 3. The summed E-state index contributed by atoms with van der Waals surface area (Å²) in [6.45, 7) is 8.63. The fourth-order valence-electron chi connectivity index (χ4n) is 5.16. The number of fused-ring (bicyclic) bond motifs is 1. The molecular formula is C22H32N6. The summed E-state index contributed by atoms with van der Waals surface area (Å²) in [7, 11) is 0. The summed E-state index contributed by atoms with van der Waals surface area (Å²) in [6, 6.07) is 9.05. The van der Waals surface area contributed by atoms with Gasteiger partial charge in [0.05, 0.1) is 6.54 Å². The zero-order valence-electron chi connectivity index (χ0n) is 16.8. The van der Waals surface area contributed by atoms with Crippen LogP contribution in [0.15, 0.2) is 24.3 Å². The molecule has 150 valence electrons. The predicted molar refractivity (Wildman–Crippen MR) is 111 cm³/mol. The van der Waals surface area contributed by atoms with Gasteiger partial charge in [0, 0.05) is 50.9 Å². The van der Waals surface area contributed by atoms with Gasteiger partial charge in [-0.15, -0.1) is 10.2 Å². The molecule has 2 fully saturated rings. The first-order valence-corrected chi connectivity index (χ1v) is 11.1. The molecule has 1 N–H and O–H groups in total. The highest BCUT2D eigenvalue weighted by molar-refractivity contribution is 5.53. The van der Waals surface area contributed by atoms with E-state index in [4.69, 9.17) is 0 Å². The molecule has 28 heavy (non-hydrogen) atoms. The van der Waals surface area contributed by atoms with Crippen molar-refractivity contribution < 1.29 is 0 Å². The molecule has 3 aliphatic heterocycles. The van der Waals surface area contributed by atoms with E-state index in [2.05, 4.69) is 54.1 Å². The zero-order valence-corrected chi connectivity index (χ0v) is 16.8. The summed E-state index contributed by atoms with van der Waals surface area (Å²) in [6.07, 6.45) is 6.51. The Hall–Kier alpha value is -1.92. The van der Waals surface area contributed by atoms with Crippen LogP contribution in [0.25, 0.3) is 0 Å². The van der Waals surface area contributed by atoms with Gasteiger partial charge >= 0.3 is 0 Å². The van der Waals surface area contributed by atoms with Crippen LogP contribution in [0.1, 0.15) is 55.2 Å². The van der Waals surface area contributed by atoms with Crippen LogP contribution < -0.4 is 10.2 Å². The highest BCUT2D eigenvalue weighted by Gasteiger charge is 2.28. The van der Waals surface area contributed by atoms with Crippen LogP contribution in [0.3, 0.4) is 0 Å². The minimum atomic E-state index is 0.509. The Kier molecular flexibility index (Phi) is 5.32. The van der Waals surface area contributed by atoms with E-state index in [1.165, 1.54) is 68.8 Å². The van der Waals surface area contributed by atoms with Crippen LogP contribution in [0, 0.1) is 0 Å². The molecule has 1 atom stereocenters. The molecule has 0 bridgehead atoms. The van der Waals surface area contributed by atoms with E-state index in [1.807, 2.05) is 0 Å². The maximum Gasteiger partial charge on any atom is 0.147 e. The molecule has 1 aromatic heterocycles. The summed E-state index contributed by atoms with van der Waals surface area (Å²) >= 11 is 0. The number of benzene rings is 1. The molecule has 4 heterocycles. The maximum atomic E-state index is 4.59. The number of likely N-dealkylation sites (tertiary alicyclic amines) is 1. The minimum absolute atomic E-state index is 0.509. The SMILES string of the molecule is c1ccc(N2CCCCC2)c(CN2CCC[C@H](c3nnc4n3CCNC4)C2)c1. The first-order valence-electron chi connectivity index (χ1n) is 11.1. The van der Waals surface area contributed by atoms with Gasteiger partial charge in [0.1, 0.15) is 11.6 Å². The smallest absolute Gasteiger partial charge is 0.147 e. The molecule has 0 amide bonds. The standard InChI is InChI=1S/C22H32N6/c1-4-12-27(13-5-1)20-9-3-2-7-18(20)16-26-11-6-8-19(17-26)22-25-24-21-15-23-10-14-28(21)22/h2-3,7,9,19,23H,1,4-6,8,10-17H2/t19-/m0/s1. The maximum absolute atomic E-state index is 4.59. The number of nitrogens with zero attached hydrogens (tertiary/aromatic N) is 5. The van der Waals surface area contributed by atoms with Crippen molar-refractivity contribution in [1.29, 1.82) is 0 Å². The van der Waals surface area contributed by atoms with E-state index >= 15 is 0 Å². The predicted octanol–water partition coefficient (Wildman–Crippen LogP) is 2.75. The van der Waals surface area contributed by atoms with Crippen LogP contribution in [-0.2, 0) is 19.6 Å². The number of hydrogen-bond donors (Lipinski definition) is 1. The van der Waals surface area contributed by atoms with Crippen molar-refractivity contribution in [3.8, 4) is 0 Å². The Morgan fingerprint density at radius 3 is 2.79 bits per heavy atom. The van der Waals surface area contributed by atoms with Crippen molar-refractivity contribution in [1.82, 2.24) is 25.0 Å². The lowest BCUT2D eigenvalue weighted by atomic mass is 9.96. The van der Waals surface area contributed by atoms with E-state index in [0.29, 0.717) is 5.92 Å². The highest BCUT2D eigenvalue weighted by atomic mass is 15.3. The number of rotatable bonds is 4. The zero-order chi connectivity index (χ0) is 18.8. The molecule has 2 saturated heterocycles. The lowest BCUT2D eigenvalue weighted by molar-refractivity contribution is 0.194. The fourth-order valence-corrected chi connectivity index (χ4v) is 5.16. The Bertz CT molecular complexity index is 794. The van der Waals surface area contributed by atoms with Gasteiger partial charge in [-0.3, -0.25) is 4.90 Å². The Morgan fingerprint density at radius 2 is 1.86 bits per heavy atom. The van der Waals surface area contributed by atoms with Crippen LogP contribution in [0.5, 0.6) is 0 Å². The molecule has 0 radical (unpaired) electrons. The van der Waals surface area contributed by atoms with Gasteiger partial charge in [0.25, 0.3) is 0 Å². The molecule has 0 saturated carbocycles. The number of hydrogen-bond acceptors (Lipinski definition) is 5. The van der Waals surface area contributed by atoms with E-state index in [1.54, 1.807) is 0 Å². The third-order valence-electron chi connectivity index (χ3n) is 6.60. The Labute approximate surface area is 167 Å². The number of para-hydroxylation sites is 1. The molecule has 0 unspecified atom stereocenters. The van der Waals surface area contributed by atoms with E-state index in [-0.39, 0.29) is 0 Å². The van der Waals surface area contributed by atoms with Crippen molar-refractivity contribution in [2.45, 2.75) is 57.7 Å². The Morgan fingerprint density at radius 1 is 0.964 bits per heavy atom. The van der Waals surface area contributed by atoms with E-state index in [9.17, 15) is 0 Å². The van der Waals surface area contributed by atoms with Crippen LogP contribution in [-0.4, -0.2) is 52.4 Å². The minimum Gasteiger partial charge on any atom is -0.371 e. The summed E-state index contributed by atoms with van der Waals surface area (Å²) < 4.78 is 2.37. The second-order valence-electron chi connectivity index (χ2n) is 8.55. The average molecular weight is 381 g/mol. The molecule has 6 nitrogen and oxygen atoms in total. The lowest BCUT2D eigenvalue weighted by Gasteiger charge is -2.35. The number of nitrogens with one attached hydrogen (secondary N) is 1. The molecule has 5 rings (SSSR count). The molecule has 0 aliphatic carbocycles. The van der Waals surface area contributed by atoms with Crippen molar-refractivity contribution in [2.75, 3.05) is 37.6 Å². The quantitative estimate of drug-likeness (QED) is 0.884. The lowest BCUT2D eigenvalue weighted by Crippen LogP contribution is -2.37. The summed E-state index contributed by atoms with van der Waals surface area (Å²) in [5.41, 5.74) is 2.94. The van der Waals surface area contributed by atoms with E-state index < -0.39 is 0 Å². The second-order valence-corrected chi connectivity index (χ2v) is 8.55. The second kappa shape index (κ2) is 8.21. The van der Waals surface area contributed by atoms with Gasteiger partial charge in [-0.2, -0.15) is 0 Å². The van der Waals surface area contributed by atoms with E-state index in [0.717, 1.165) is 38.5 Å². The number of piperidine rings is 2. The first kappa shape index (κ1) is 18.1. The highest BCUT2D eigenvalue weighted by Crippen LogP contribution is 2.30. The van der Waals surface area contributed by atoms with Gasteiger partial charge in [-0.05, 0) is 50.3 Å². The summed E-state index contributed by atoms with van der Waals surface area (Å²) in [5, 5.41) is 12.4. The molecule has 2 aromatic rings. The summed E-state index contributed by atoms with van der Waals surface area (Å²) in [4.78, 5) is 5.24.